The Hall–Kier alpha value is -0.750. The first-order valence-electron chi connectivity index (χ1n) is 5.67. The maximum atomic E-state index is 8.95. The van der Waals surface area contributed by atoms with Crippen LogP contribution in [0.1, 0.15) is 10.6 Å². The third-order valence-corrected chi connectivity index (χ3v) is 4.06. The molecule has 18 heavy (non-hydrogen) atoms. The van der Waals surface area contributed by atoms with Crippen molar-refractivity contribution in [1.29, 1.82) is 0 Å². The van der Waals surface area contributed by atoms with E-state index >= 15 is 0 Å². The number of aromatic nitrogens is 1. The van der Waals surface area contributed by atoms with Crippen LogP contribution in [0.3, 0.4) is 0 Å². The van der Waals surface area contributed by atoms with E-state index in [1.807, 2.05) is 11.4 Å². The van der Waals surface area contributed by atoms with Crippen molar-refractivity contribution in [1.82, 2.24) is 4.98 Å². The molecule has 0 aliphatic heterocycles. The number of nitrogens with zero attached hydrogens (tertiary/aromatic N) is 1. The summed E-state index contributed by atoms with van der Waals surface area (Å²) >= 11 is 5.06. The summed E-state index contributed by atoms with van der Waals surface area (Å²) in [5.41, 5.74) is 9.01. The van der Waals surface area contributed by atoms with Crippen LogP contribution >= 0.6 is 27.3 Å². The Morgan fingerprint density at radius 2 is 2.28 bits per heavy atom. The average Bonchev–Trinajstić information content (AvgIpc) is 2.80. The quantitative estimate of drug-likeness (QED) is 0.908. The minimum Gasteiger partial charge on any atom is -0.395 e. The molecule has 0 radical (unpaired) electrons. The highest BCUT2D eigenvalue weighted by molar-refractivity contribution is 9.10. The molecule has 3 nitrogen and oxygen atoms in total. The van der Waals surface area contributed by atoms with Gasteiger partial charge in [-0.1, -0.05) is 22.0 Å². The van der Waals surface area contributed by atoms with E-state index in [4.69, 9.17) is 10.8 Å². The van der Waals surface area contributed by atoms with Gasteiger partial charge in [0, 0.05) is 27.9 Å². The lowest BCUT2D eigenvalue weighted by Gasteiger charge is -2.05. The van der Waals surface area contributed by atoms with Gasteiger partial charge < -0.3 is 10.8 Å². The monoisotopic (exact) mass is 326 g/mol. The predicted molar refractivity (Wildman–Crippen MR) is 78.8 cm³/mol. The zero-order valence-corrected chi connectivity index (χ0v) is 12.5. The summed E-state index contributed by atoms with van der Waals surface area (Å²) in [6.45, 7) is 2.06. The number of hydrogen-bond acceptors (Lipinski definition) is 4. The van der Waals surface area contributed by atoms with Gasteiger partial charge in [-0.3, -0.25) is 0 Å². The van der Waals surface area contributed by atoms with Gasteiger partial charge in [-0.25, -0.2) is 4.98 Å². The van der Waals surface area contributed by atoms with Crippen molar-refractivity contribution in [3.05, 3.63) is 38.6 Å². The highest BCUT2D eigenvalue weighted by atomic mass is 79.9. The molecule has 5 heteroatoms. The number of rotatable bonds is 4. The van der Waals surface area contributed by atoms with E-state index in [-0.39, 0.29) is 12.6 Å². The smallest absolute Gasteiger partial charge is 0.0948 e. The van der Waals surface area contributed by atoms with E-state index < -0.39 is 0 Å². The average molecular weight is 327 g/mol. The number of aliphatic hydroxyl groups is 1. The van der Waals surface area contributed by atoms with Crippen molar-refractivity contribution in [3.8, 4) is 11.3 Å². The van der Waals surface area contributed by atoms with E-state index in [2.05, 4.69) is 40.0 Å². The summed E-state index contributed by atoms with van der Waals surface area (Å²) < 4.78 is 1.05. The van der Waals surface area contributed by atoms with Crippen LogP contribution in [0, 0.1) is 6.92 Å². The molecule has 0 aliphatic carbocycles. The van der Waals surface area contributed by atoms with E-state index in [0.29, 0.717) is 6.42 Å². The fourth-order valence-electron chi connectivity index (χ4n) is 1.69. The van der Waals surface area contributed by atoms with Crippen LogP contribution in [0.4, 0.5) is 0 Å². The molecule has 0 spiro atoms. The first-order chi connectivity index (χ1) is 8.60. The van der Waals surface area contributed by atoms with Crippen LogP contribution in [0.15, 0.2) is 28.1 Å². The standard InChI is InChI=1S/C13H15BrN2OS/c1-8-2-3-9(14)4-11(8)12-7-18-13(16-12)5-10(15)6-17/h2-4,7,10,17H,5-6,15H2,1H3. The number of nitrogens with two attached hydrogens (primary N) is 1. The van der Waals surface area contributed by atoms with Crippen LogP contribution in [0.5, 0.6) is 0 Å². The zero-order valence-electron chi connectivity index (χ0n) is 10.1. The minimum absolute atomic E-state index is 0.00910. The molecule has 96 valence electrons. The number of halogens is 1. The van der Waals surface area contributed by atoms with Gasteiger partial charge in [0.25, 0.3) is 0 Å². The second-order valence-corrected chi connectivity index (χ2v) is 6.09. The van der Waals surface area contributed by atoms with Gasteiger partial charge in [-0.15, -0.1) is 11.3 Å². The number of thiazole rings is 1. The molecule has 2 rings (SSSR count). The molecule has 0 amide bonds. The Morgan fingerprint density at radius 3 is 3.00 bits per heavy atom. The van der Waals surface area contributed by atoms with Crippen LogP contribution in [0.2, 0.25) is 0 Å². The maximum absolute atomic E-state index is 8.95. The van der Waals surface area contributed by atoms with E-state index in [0.717, 1.165) is 20.7 Å². The summed E-state index contributed by atoms with van der Waals surface area (Å²) in [7, 11) is 0. The normalized spacial score (nSPS) is 12.7. The summed E-state index contributed by atoms with van der Waals surface area (Å²) in [4.78, 5) is 4.58. The third kappa shape index (κ3) is 3.17. The van der Waals surface area contributed by atoms with Crippen molar-refractivity contribution in [2.45, 2.75) is 19.4 Å². The summed E-state index contributed by atoms with van der Waals surface area (Å²) in [5, 5.41) is 11.9. The van der Waals surface area contributed by atoms with Gasteiger partial charge in [-0.05, 0) is 24.6 Å². The van der Waals surface area contributed by atoms with Crippen LogP contribution < -0.4 is 5.73 Å². The molecule has 1 heterocycles. The fraction of sp³-hybridized carbons (Fsp3) is 0.308. The molecule has 1 aromatic heterocycles. The highest BCUT2D eigenvalue weighted by Crippen LogP contribution is 2.28. The number of aliphatic hydroxyl groups excluding tert-OH is 1. The SMILES string of the molecule is Cc1ccc(Br)cc1-c1csc(CC(N)CO)n1. The van der Waals surface area contributed by atoms with Gasteiger partial charge in [0.1, 0.15) is 0 Å². The lowest BCUT2D eigenvalue weighted by atomic mass is 10.1. The molecule has 1 unspecified atom stereocenters. The molecular formula is C13H15BrN2OS. The summed E-state index contributed by atoms with van der Waals surface area (Å²) in [5.74, 6) is 0. The van der Waals surface area contributed by atoms with Crippen molar-refractivity contribution in [3.63, 3.8) is 0 Å². The lowest BCUT2D eigenvalue weighted by Crippen LogP contribution is -2.26. The zero-order chi connectivity index (χ0) is 13.1. The van der Waals surface area contributed by atoms with Crippen molar-refractivity contribution in [2.75, 3.05) is 6.61 Å². The molecule has 0 aliphatic rings. The topological polar surface area (TPSA) is 59.1 Å². The number of hydrogen-bond donors (Lipinski definition) is 2. The van der Waals surface area contributed by atoms with Crippen molar-refractivity contribution in [2.24, 2.45) is 5.73 Å². The Labute approximate surface area is 119 Å². The molecule has 3 N–H and O–H groups in total. The molecule has 2 aromatic rings. The van der Waals surface area contributed by atoms with Crippen LogP contribution in [-0.4, -0.2) is 22.7 Å². The Balaban J connectivity index is 2.26. The first-order valence-corrected chi connectivity index (χ1v) is 7.34. The predicted octanol–water partition coefficient (Wildman–Crippen LogP) is 2.74. The molecular weight excluding hydrogens is 312 g/mol. The number of benzene rings is 1. The lowest BCUT2D eigenvalue weighted by molar-refractivity contribution is 0.265. The molecule has 0 saturated heterocycles. The molecule has 1 aromatic carbocycles. The van der Waals surface area contributed by atoms with E-state index in [1.165, 1.54) is 5.56 Å². The second-order valence-electron chi connectivity index (χ2n) is 4.23. The Morgan fingerprint density at radius 1 is 1.50 bits per heavy atom. The van der Waals surface area contributed by atoms with E-state index in [1.54, 1.807) is 11.3 Å². The first kappa shape index (κ1) is 13.7. The fourth-order valence-corrected chi connectivity index (χ4v) is 2.94. The van der Waals surface area contributed by atoms with Gasteiger partial charge in [0.15, 0.2) is 0 Å². The molecule has 0 bridgehead atoms. The van der Waals surface area contributed by atoms with Gasteiger partial charge in [0.05, 0.1) is 17.3 Å². The molecule has 0 fully saturated rings. The third-order valence-electron chi connectivity index (χ3n) is 2.70. The van der Waals surface area contributed by atoms with Gasteiger partial charge >= 0.3 is 0 Å². The van der Waals surface area contributed by atoms with E-state index in [9.17, 15) is 0 Å². The Kier molecular flexibility index (Phi) is 4.50. The van der Waals surface area contributed by atoms with Crippen molar-refractivity contribution < 1.29 is 5.11 Å². The van der Waals surface area contributed by atoms with Crippen molar-refractivity contribution >= 4 is 27.3 Å². The highest BCUT2D eigenvalue weighted by Gasteiger charge is 2.10. The maximum Gasteiger partial charge on any atom is 0.0948 e. The Bertz CT molecular complexity index is 542. The minimum atomic E-state index is -0.229. The second kappa shape index (κ2) is 5.93. The summed E-state index contributed by atoms with van der Waals surface area (Å²) in [6.07, 6.45) is 0.619. The van der Waals surface area contributed by atoms with Gasteiger partial charge in [0.2, 0.25) is 0 Å². The largest absolute Gasteiger partial charge is 0.395 e. The van der Waals surface area contributed by atoms with Crippen LogP contribution in [0.25, 0.3) is 11.3 Å². The van der Waals surface area contributed by atoms with Crippen LogP contribution in [-0.2, 0) is 6.42 Å². The molecule has 0 saturated carbocycles. The summed E-state index contributed by atoms with van der Waals surface area (Å²) in [6, 6.07) is 5.93. The number of aryl methyl sites for hydroxylation is 1. The van der Waals surface area contributed by atoms with Gasteiger partial charge in [-0.2, -0.15) is 0 Å². The molecule has 1 atom stereocenters.